The van der Waals surface area contributed by atoms with Crippen LogP contribution in [0.4, 0.5) is 34.1 Å². The van der Waals surface area contributed by atoms with Gasteiger partial charge in [-0.2, -0.15) is 0 Å². The Morgan fingerprint density at radius 2 is 0.903 bits per heavy atom. The quantitative estimate of drug-likeness (QED) is 0.153. The van der Waals surface area contributed by atoms with E-state index >= 15 is 0 Å². The minimum Gasteiger partial charge on any atom is -0.456 e. The first-order chi connectivity index (χ1) is 30.4. The van der Waals surface area contributed by atoms with Crippen molar-refractivity contribution in [1.29, 1.82) is 0 Å². The molecule has 0 aliphatic heterocycles. The smallest absolute Gasteiger partial charge is 0.137 e. The molecule has 1 aliphatic rings. The summed E-state index contributed by atoms with van der Waals surface area (Å²) in [6, 6.07) is 71.4. The minimum atomic E-state index is -0.407. The van der Waals surface area contributed by atoms with Gasteiger partial charge in [-0.05, 0) is 169 Å². The van der Waals surface area contributed by atoms with Gasteiger partial charge < -0.3 is 14.2 Å². The van der Waals surface area contributed by atoms with E-state index in [0.29, 0.717) is 0 Å². The molecule has 9 aromatic carbocycles. The van der Waals surface area contributed by atoms with Crippen molar-refractivity contribution < 1.29 is 4.42 Å². The summed E-state index contributed by atoms with van der Waals surface area (Å²) in [5, 5.41) is 4.81. The Morgan fingerprint density at radius 3 is 1.47 bits per heavy atom. The highest BCUT2D eigenvalue weighted by Crippen LogP contribution is 2.55. The van der Waals surface area contributed by atoms with Crippen molar-refractivity contribution in [2.45, 2.75) is 46.0 Å². The highest BCUT2D eigenvalue weighted by molar-refractivity contribution is 6.22. The third kappa shape index (κ3) is 6.19. The molecular weight excluding hydrogens is 753 g/mol. The predicted molar refractivity (Wildman–Crippen MR) is 261 cm³/mol. The lowest BCUT2D eigenvalue weighted by Gasteiger charge is -2.42. The number of hydrogen-bond donors (Lipinski definition) is 0. The highest BCUT2D eigenvalue weighted by atomic mass is 16.3. The molecular formula is C59H48N2O. The van der Waals surface area contributed by atoms with E-state index in [0.717, 1.165) is 57.5 Å². The molecule has 10 aromatic rings. The van der Waals surface area contributed by atoms with Gasteiger partial charge in [0.1, 0.15) is 11.2 Å². The number of anilines is 6. The molecule has 11 rings (SSSR count). The van der Waals surface area contributed by atoms with E-state index in [2.05, 4.69) is 232 Å². The van der Waals surface area contributed by atoms with Gasteiger partial charge >= 0.3 is 0 Å². The van der Waals surface area contributed by atoms with Crippen molar-refractivity contribution in [3.8, 4) is 0 Å². The van der Waals surface area contributed by atoms with Crippen molar-refractivity contribution in [3.05, 3.63) is 239 Å². The van der Waals surface area contributed by atoms with Crippen LogP contribution in [0.15, 0.2) is 199 Å². The zero-order valence-electron chi connectivity index (χ0n) is 35.7. The molecule has 0 amide bonds. The lowest BCUT2D eigenvalue weighted by molar-refractivity contribution is 0.551. The van der Waals surface area contributed by atoms with Crippen LogP contribution < -0.4 is 9.80 Å². The maximum atomic E-state index is 7.15. The molecule has 300 valence electrons. The molecule has 0 saturated carbocycles. The lowest BCUT2D eigenvalue weighted by atomic mass is 9.62. The maximum absolute atomic E-state index is 7.15. The van der Waals surface area contributed by atoms with Gasteiger partial charge in [0.15, 0.2) is 0 Å². The second kappa shape index (κ2) is 15.0. The summed E-state index contributed by atoms with van der Waals surface area (Å²) in [6.07, 6.45) is 1.80. The van der Waals surface area contributed by atoms with E-state index in [-0.39, 0.29) is 0 Å². The van der Waals surface area contributed by atoms with Crippen molar-refractivity contribution in [2.24, 2.45) is 0 Å². The van der Waals surface area contributed by atoms with E-state index in [1.54, 1.807) is 0 Å². The number of para-hydroxylation sites is 2. The van der Waals surface area contributed by atoms with Gasteiger partial charge in [0.25, 0.3) is 0 Å². The summed E-state index contributed by atoms with van der Waals surface area (Å²) >= 11 is 0. The van der Waals surface area contributed by atoms with Crippen LogP contribution in [0.3, 0.4) is 0 Å². The Labute approximate surface area is 364 Å². The molecule has 1 heterocycles. The van der Waals surface area contributed by atoms with E-state index in [1.165, 1.54) is 66.7 Å². The molecule has 0 saturated heterocycles. The zero-order chi connectivity index (χ0) is 42.0. The molecule has 0 atom stereocenters. The van der Waals surface area contributed by atoms with Crippen LogP contribution in [0, 0.1) is 27.7 Å². The van der Waals surface area contributed by atoms with Crippen LogP contribution in [-0.2, 0) is 11.8 Å². The largest absolute Gasteiger partial charge is 0.456 e. The first-order valence-corrected chi connectivity index (χ1v) is 21.8. The number of fused-ring (bicyclic) bond motifs is 4. The Bertz CT molecular complexity index is 3200. The second-order valence-corrected chi connectivity index (χ2v) is 17.2. The summed E-state index contributed by atoms with van der Waals surface area (Å²) in [5.74, 6) is 0. The van der Waals surface area contributed by atoms with Crippen LogP contribution in [0.2, 0.25) is 0 Å². The van der Waals surface area contributed by atoms with Gasteiger partial charge in [-0.15, -0.1) is 0 Å². The van der Waals surface area contributed by atoms with Gasteiger partial charge in [0.05, 0.1) is 0 Å². The molecule has 0 bridgehead atoms. The second-order valence-electron chi connectivity index (χ2n) is 17.2. The average molecular weight is 801 g/mol. The summed E-state index contributed by atoms with van der Waals surface area (Å²) in [6.45, 7) is 8.74. The fraction of sp³-hybridized carbons (Fsp3) is 0.119. The summed E-state index contributed by atoms with van der Waals surface area (Å²) in [4.78, 5) is 4.82. The minimum absolute atomic E-state index is 0.407. The van der Waals surface area contributed by atoms with Crippen LogP contribution >= 0.6 is 0 Å². The third-order valence-electron chi connectivity index (χ3n) is 13.0. The number of furan rings is 1. The average Bonchev–Trinajstić information content (AvgIpc) is 3.66. The standard InChI is InChI=1S/C59H48N2O/c1-39-31-40(2)34-48(33-39)60(45-21-13-7-14-22-45)47-25-26-51-55(37-47)62-56-38-53-57-50(29-30-59(53,43-17-9-5-10-18-43)44-19-11-6-12-20-44)54(28-27-52(57)58(51)56)61(46-23-15-8-16-24-46)49-35-41(3)32-42(4)36-49/h5-28,31-38H,29-30H2,1-4H3. The number of aryl methyl sites for hydroxylation is 5. The van der Waals surface area contributed by atoms with Gasteiger partial charge in [-0.25, -0.2) is 0 Å². The Morgan fingerprint density at radius 1 is 0.403 bits per heavy atom. The third-order valence-corrected chi connectivity index (χ3v) is 13.0. The Balaban J connectivity index is 1.22. The molecule has 0 unspecified atom stereocenters. The number of rotatable bonds is 8. The molecule has 0 fully saturated rings. The van der Waals surface area contributed by atoms with Gasteiger partial charge in [-0.3, -0.25) is 0 Å². The molecule has 1 aliphatic carbocycles. The summed E-state index contributed by atoms with van der Waals surface area (Å²) in [7, 11) is 0. The van der Waals surface area contributed by atoms with Gasteiger partial charge in [-0.1, -0.05) is 115 Å². The van der Waals surface area contributed by atoms with E-state index in [1.807, 2.05) is 0 Å². The first kappa shape index (κ1) is 37.6. The van der Waals surface area contributed by atoms with Crippen LogP contribution in [0.1, 0.15) is 50.9 Å². The molecule has 0 radical (unpaired) electrons. The fourth-order valence-electron chi connectivity index (χ4n) is 10.6. The predicted octanol–water partition coefficient (Wildman–Crippen LogP) is 16.2. The normalized spacial score (nSPS) is 13.2. The molecule has 0 N–H and O–H groups in total. The molecule has 1 aromatic heterocycles. The topological polar surface area (TPSA) is 19.6 Å². The van der Waals surface area contributed by atoms with Gasteiger partial charge in [0.2, 0.25) is 0 Å². The van der Waals surface area contributed by atoms with E-state index in [9.17, 15) is 0 Å². The van der Waals surface area contributed by atoms with Gasteiger partial charge in [0, 0.05) is 56.4 Å². The van der Waals surface area contributed by atoms with Crippen LogP contribution in [0.25, 0.3) is 32.7 Å². The van der Waals surface area contributed by atoms with Crippen molar-refractivity contribution >= 4 is 66.8 Å². The Hall–Kier alpha value is -7.36. The maximum Gasteiger partial charge on any atom is 0.137 e. The molecule has 62 heavy (non-hydrogen) atoms. The molecule has 3 nitrogen and oxygen atoms in total. The first-order valence-electron chi connectivity index (χ1n) is 21.8. The lowest BCUT2D eigenvalue weighted by Crippen LogP contribution is -2.33. The van der Waals surface area contributed by atoms with Crippen LogP contribution in [-0.4, -0.2) is 0 Å². The zero-order valence-corrected chi connectivity index (χ0v) is 35.7. The molecule has 3 heteroatoms. The van der Waals surface area contributed by atoms with E-state index < -0.39 is 5.41 Å². The van der Waals surface area contributed by atoms with Crippen molar-refractivity contribution in [3.63, 3.8) is 0 Å². The number of hydrogen-bond acceptors (Lipinski definition) is 3. The molecule has 0 spiro atoms. The summed E-state index contributed by atoms with van der Waals surface area (Å²) in [5.41, 5.74) is 18.4. The van der Waals surface area contributed by atoms with Crippen molar-refractivity contribution in [1.82, 2.24) is 0 Å². The SMILES string of the molecule is Cc1cc(C)cc(N(c2ccccc2)c2ccc3c(c2)oc2cc4c5c(c(N(c6ccccc6)c6cc(C)cc(C)c6)ccc5c23)CCC4(c2ccccc2)c2ccccc2)c1. The Kier molecular flexibility index (Phi) is 9.09. The highest BCUT2D eigenvalue weighted by Gasteiger charge is 2.42. The van der Waals surface area contributed by atoms with E-state index in [4.69, 9.17) is 4.42 Å². The summed E-state index contributed by atoms with van der Waals surface area (Å²) < 4.78 is 7.15. The number of nitrogens with zero attached hydrogens (tertiary/aromatic N) is 2. The van der Waals surface area contributed by atoms with Crippen molar-refractivity contribution in [2.75, 3.05) is 9.80 Å². The fourth-order valence-corrected chi connectivity index (χ4v) is 10.6. The number of benzene rings is 9. The van der Waals surface area contributed by atoms with Crippen LogP contribution in [0.5, 0.6) is 0 Å². The monoisotopic (exact) mass is 800 g/mol.